The van der Waals surface area contributed by atoms with Crippen molar-refractivity contribution >= 4 is 5.96 Å². The van der Waals surface area contributed by atoms with E-state index in [9.17, 15) is 0 Å². The van der Waals surface area contributed by atoms with Gasteiger partial charge in [-0.15, -0.1) is 0 Å². The summed E-state index contributed by atoms with van der Waals surface area (Å²) in [7, 11) is 1.82. The third-order valence-corrected chi connectivity index (χ3v) is 3.07. The van der Waals surface area contributed by atoms with E-state index in [1.165, 1.54) is 6.42 Å². The summed E-state index contributed by atoms with van der Waals surface area (Å²) in [6, 6.07) is 0.604. The minimum absolute atomic E-state index is 0.604. The van der Waals surface area contributed by atoms with Gasteiger partial charge in [0.05, 0.1) is 0 Å². The van der Waals surface area contributed by atoms with Gasteiger partial charge in [-0.3, -0.25) is 9.89 Å². The summed E-state index contributed by atoms with van der Waals surface area (Å²) in [6.45, 7) is 15.2. The minimum Gasteiger partial charge on any atom is -0.356 e. The maximum atomic E-state index is 4.23. The van der Waals surface area contributed by atoms with Crippen LogP contribution in [0.15, 0.2) is 4.99 Å². The molecule has 0 radical (unpaired) electrons. The summed E-state index contributed by atoms with van der Waals surface area (Å²) < 4.78 is 0. The van der Waals surface area contributed by atoms with Crippen molar-refractivity contribution in [1.82, 2.24) is 15.5 Å². The van der Waals surface area contributed by atoms with Crippen molar-refractivity contribution in [2.45, 2.75) is 47.1 Å². The van der Waals surface area contributed by atoms with E-state index in [1.807, 2.05) is 7.05 Å². The fourth-order valence-electron chi connectivity index (χ4n) is 1.80. The van der Waals surface area contributed by atoms with Crippen LogP contribution in [0.1, 0.15) is 41.0 Å². The smallest absolute Gasteiger partial charge is 0.191 e. The van der Waals surface area contributed by atoms with Gasteiger partial charge in [-0.1, -0.05) is 20.8 Å². The van der Waals surface area contributed by atoms with E-state index >= 15 is 0 Å². The number of nitrogens with one attached hydrogen (secondary N) is 2. The standard InChI is InChI=1S/C14H32N4/c1-7-18(13(4)5)11-10-17-14(15-6)16-9-8-12(2)3/h12-13H,7-11H2,1-6H3,(H2,15,16,17). The number of guanidine groups is 1. The van der Waals surface area contributed by atoms with Gasteiger partial charge in [-0.25, -0.2) is 0 Å². The Kier molecular flexibility index (Phi) is 9.74. The molecule has 0 fully saturated rings. The second-order valence-corrected chi connectivity index (χ2v) is 5.33. The molecule has 0 rings (SSSR count). The zero-order valence-electron chi connectivity index (χ0n) is 13.1. The second kappa shape index (κ2) is 10.2. The van der Waals surface area contributed by atoms with Gasteiger partial charge in [-0.05, 0) is 32.7 Å². The van der Waals surface area contributed by atoms with Crippen LogP contribution in [0, 0.1) is 5.92 Å². The Labute approximate surface area is 113 Å². The molecule has 0 heterocycles. The molecule has 0 aromatic carbocycles. The molecule has 0 aromatic rings. The maximum absolute atomic E-state index is 4.23. The van der Waals surface area contributed by atoms with E-state index in [0.717, 1.165) is 38.1 Å². The molecule has 4 nitrogen and oxygen atoms in total. The second-order valence-electron chi connectivity index (χ2n) is 5.33. The number of aliphatic imine (C=N–C) groups is 1. The van der Waals surface area contributed by atoms with Crippen LogP contribution in [0.2, 0.25) is 0 Å². The molecule has 0 saturated heterocycles. The lowest BCUT2D eigenvalue weighted by Crippen LogP contribution is -2.43. The molecule has 0 aliphatic heterocycles. The Morgan fingerprint density at radius 2 is 1.72 bits per heavy atom. The number of hydrogen-bond donors (Lipinski definition) is 2. The van der Waals surface area contributed by atoms with Gasteiger partial charge in [0.2, 0.25) is 0 Å². The van der Waals surface area contributed by atoms with E-state index in [-0.39, 0.29) is 0 Å². The molecule has 0 bridgehead atoms. The van der Waals surface area contributed by atoms with Crippen LogP contribution in [0.4, 0.5) is 0 Å². The summed E-state index contributed by atoms with van der Waals surface area (Å²) >= 11 is 0. The van der Waals surface area contributed by atoms with E-state index in [2.05, 4.69) is 55.1 Å². The van der Waals surface area contributed by atoms with Gasteiger partial charge < -0.3 is 10.6 Å². The zero-order valence-corrected chi connectivity index (χ0v) is 13.1. The fourth-order valence-corrected chi connectivity index (χ4v) is 1.80. The highest BCUT2D eigenvalue weighted by atomic mass is 15.2. The monoisotopic (exact) mass is 256 g/mol. The van der Waals surface area contributed by atoms with Gasteiger partial charge in [0, 0.05) is 32.7 Å². The molecule has 108 valence electrons. The van der Waals surface area contributed by atoms with Gasteiger partial charge in [-0.2, -0.15) is 0 Å². The number of hydrogen-bond acceptors (Lipinski definition) is 2. The molecular weight excluding hydrogens is 224 g/mol. The highest BCUT2D eigenvalue weighted by molar-refractivity contribution is 5.79. The molecular formula is C14H32N4. The van der Waals surface area contributed by atoms with E-state index < -0.39 is 0 Å². The number of nitrogens with zero attached hydrogens (tertiary/aromatic N) is 2. The Hall–Kier alpha value is -0.770. The fraction of sp³-hybridized carbons (Fsp3) is 0.929. The van der Waals surface area contributed by atoms with Gasteiger partial charge in [0.25, 0.3) is 0 Å². The first-order valence-electron chi connectivity index (χ1n) is 7.19. The van der Waals surface area contributed by atoms with Crippen LogP contribution < -0.4 is 10.6 Å². The molecule has 0 atom stereocenters. The molecule has 0 unspecified atom stereocenters. The molecule has 4 heteroatoms. The van der Waals surface area contributed by atoms with Gasteiger partial charge >= 0.3 is 0 Å². The maximum Gasteiger partial charge on any atom is 0.191 e. The Morgan fingerprint density at radius 1 is 1.11 bits per heavy atom. The summed E-state index contributed by atoms with van der Waals surface area (Å²) in [5.74, 6) is 1.64. The molecule has 0 amide bonds. The first-order chi connectivity index (χ1) is 8.51. The van der Waals surface area contributed by atoms with Crippen LogP contribution in [0.25, 0.3) is 0 Å². The molecule has 0 saturated carbocycles. The Balaban J connectivity index is 3.80. The van der Waals surface area contributed by atoms with Crippen molar-refractivity contribution < 1.29 is 0 Å². The Bertz CT molecular complexity index is 224. The average molecular weight is 256 g/mol. The Morgan fingerprint density at radius 3 is 2.17 bits per heavy atom. The van der Waals surface area contributed by atoms with E-state index in [0.29, 0.717) is 6.04 Å². The lowest BCUT2D eigenvalue weighted by Gasteiger charge is -2.25. The first-order valence-corrected chi connectivity index (χ1v) is 7.19. The normalized spacial score (nSPS) is 12.6. The lowest BCUT2D eigenvalue weighted by atomic mass is 10.1. The topological polar surface area (TPSA) is 39.7 Å². The van der Waals surface area contributed by atoms with Crippen LogP contribution >= 0.6 is 0 Å². The lowest BCUT2D eigenvalue weighted by molar-refractivity contribution is 0.237. The van der Waals surface area contributed by atoms with E-state index in [4.69, 9.17) is 0 Å². The first kappa shape index (κ1) is 17.2. The molecule has 2 N–H and O–H groups in total. The van der Waals surface area contributed by atoms with Crippen molar-refractivity contribution in [2.24, 2.45) is 10.9 Å². The highest BCUT2D eigenvalue weighted by Crippen LogP contribution is 1.96. The predicted octanol–water partition coefficient (Wildman–Crippen LogP) is 1.93. The van der Waals surface area contributed by atoms with Crippen LogP contribution in [-0.4, -0.2) is 50.1 Å². The number of rotatable bonds is 8. The highest BCUT2D eigenvalue weighted by Gasteiger charge is 2.06. The molecule has 0 spiro atoms. The summed E-state index contributed by atoms with van der Waals surface area (Å²) in [6.07, 6.45) is 1.17. The predicted molar refractivity (Wildman–Crippen MR) is 81.2 cm³/mol. The van der Waals surface area contributed by atoms with Gasteiger partial charge in [0.15, 0.2) is 5.96 Å². The molecule has 18 heavy (non-hydrogen) atoms. The van der Waals surface area contributed by atoms with E-state index in [1.54, 1.807) is 0 Å². The molecule has 0 aromatic heterocycles. The number of likely N-dealkylation sites (N-methyl/N-ethyl adjacent to an activating group) is 1. The van der Waals surface area contributed by atoms with Crippen LogP contribution in [0.3, 0.4) is 0 Å². The van der Waals surface area contributed by atoms with Crippen molar-refractivity contribution in [3.05, 3.63) is 0 Å². The van der Waals surface area contributed by atoms with Crippen LogP contribution in [0.5, 0.6) is 0 Å². The SMILES string of the molecule is CCN(CCNC(=NC)NCCC(C)C)C(C)C. The van der Waals surface area contributed by atoms with Crippen molar-refractivity contribution in [3.8, 4) is 0 Å². The summed E-state index contributed by atoms with van der Waals surface area (Å²) in [5, 5.41) is 6.70. The average Bonchev–Trinajstić information content (AvgIpc) is 2.31. The quantitative estimate of drug-likeness (QED) is 0.515. The van der Waals surface area contributed by atoms with Crippen molar-refractivity contribution in [2.75, 3.05) is 33.2 Å². The minimum atomic E-state index is 0.604. The van der Waals surface area contributed by atoms with Gasteiger partial charge in [0.1, 0.15) is 0 Å². The van der Waals surface area contributed by atoms with Crippen molar-refractivity contribution in [3.63, 3.8) is 0 Å². The third-order valence-electron chi connectivity index (χ3n) is 3.07. The third kappa shape index (κ3) is 8.34. The molecule has 0 aliphatic carbocycles. The summed E-state index contributed by atoms with van der Waals surface area (Å²) in [4.78, 5) is 6.67. The van der Waals surface area contributed by atoms with Crippen LogP contribution in [-0.2, 0) is 0 Å². The summed E-state index contributed by atoms with van der Waals surface area (Å²) in [5.41, 5.74) is 0. The molecule has 0 aliphatic rings. The zero-order chi connectivity index (χ0) is 14.0. The largest absolute Gasteiger partial charge is 0.356 e. The van der Waals surface area contributed by atoms with Crippen molar-refractivity contribution in [1.29, 1.82) is 0 Å².